The normalized spacial score (nSPS) is 21.6. The minimum absolute atomic E-state index is 0.634. The van der Waals surface area contributed by atoms with Crippen molar-refractivity contribution >= 4 is 11.2 Å². The maximum Gasteiger partial charge on any atom is 0.159 e. The summed E-state index contributed by atoms with van der Waals surface area (Å²) in [5.74, 6) is 1.16. The van der Waals surface area contributed by atoms with Crippen LogP contribution in [0.25, 0.3) is 11.2 Å². The molecular formula is C14H20N4. The van der Waals surface area contributed by atoms with E-state index < -0.39 is 0 Å². The molecule has 1 aliphatic rings. The van der Waals surface area contributed by atoms with E-state index in [0.29, 0.717) is 6.04 Å². The number of fused-ring (bicyclic) bond motifs is 1. The van der Waals surface area contributed by atoms with Gasteiger partial charge in [-0.2, -0.15) is 0 Å². The quantitative estimate of drug-likeness (QED) is 0.810. The van der Waals surface area contributed by atoms with E-state index in [1.54, 1.807) is 0 Å². The molecule has 3 heterocycles. The van der Waals surface area contributed by atoms with Gasteiger partial charge in [0.1, 0.15) is 11.3 Å². The van der Waals surface area contributed by atoms with Crippen LogP contribution >= 0.6 is 0 Å². The van der Waals surface area contributed by atoms with E-state index in [-0.39, 0.29) is 0 Å². The van der Waals surface area contributed by atoms with Crippen LogP contribution in [0.4, 0.5) is 0 Å². The van der Waals surface area contributed by atoms with Crippen LogP contribution in [0.2, 0.25) is 0 Å². The first-order chi connectivity index (χ1) is 8.75. The van der Waals surface area contributed by atoms with Crippen LogP contribution in [-0.4, -0.2) is 39.1 Å². The standard InChI is InChI=1S/C14H20N4/c1-17-9-4-3-6-11(17)10-13-16-12-7-5-8-15-14(12)18(13)2/h5,7-8,11H,3-4,6,9-10H2,1-2H3. The minimum atomic E-state index is 0.634. The topological polar surface area (TPSA) is 34.0 Å². The van der Waals surface area contributed by atoms with Crippen molar-refractivity contribution in [2.24, 2.45) is 7.05 Å². The Morgan fingerprint density at radius 1 is 1.33 bits per heavy atom. The summed E-state index contributed by atoms with van der Waals surface area (Å²) in [7, 11) is 4.30. The first-order valence-corrected chi connectivity index (χ1v) is 6.72. The van der Waals surface area contributed by atoms with E-state index in [1.165, 1.54) is 25.8 Å². The first kappa shape index (κ1) is 11.7. The largest absolute Gasteiger partial charge is 0.316 e. The van der Waals surface area contributed by atoms with Crippen LogP contribution < -0.4 is 0 Å². The van der Waals surface area contributed by atoms with Crippen molar-refractivity contribution < 1.29 is 0 Å². The Kier molecular flexibility index (Phi) is 3.04. The number of aromatic nitrogens is 3. The minimum Gasteiger partial charge on any atom is -0.316 e. The molecule has 0 aliphatic carbocycles. The molecule has 0 amide bonds. The monoisotopic (exact) mass is 244 g/mol. The molecule has 0 bridgehead atoms. The first-order valence-electron chi connectivity index (χ1n) is 6.72. The summed E-state index contributed by atoms with van der Waals surface area (Å²) in [6, 6.07) is 4.62. The Labute approximate surface area is 108 Å². The number of rotatable bonds is 2. The highest BCUT2D eigenvalue weighted by Gasteiger charge is 2.21. The van der Waals surface area contributed by atoms with E-state index in [2.05, 4.69) is 28.5 Å². The van der Waals surface area contributed by atoms with E-state index in [9.17, 15) is 0 Å². The van der Waals surface area contributed by atoms with Crippen molar-refractivity contribution in [3.63, 3.8) is 0 Å². The molecule has 0 N–H and O–H groups in total. The zero-order valence-corrected chi connectivity index (χ0v) is 11.1. The maximum atomic E-state index is 4.71. The van der Waals surface area contributed by atoms with Gasteiger partial charge in [0.15, 0.2) is 5.65 Å². The highest BCUT2D eigenvalue weighted by Crippen LogP contribution is 2.20. The van der Waals surface area contributed by atoms with E-state index in [4.69, 9.17) is 4.98 Å². The molecule has 18 heavy (non-hydrogen) atoms. The maximum absolute atomic E-state index is 4.71. The SMILES string of the molecule is CN1CCCCC1Cc1nc2cccnc2n1C. The molecule has 1 aliphatic heterocycles. The van der Waals surface area contributed by atoms with Crippen LogP contribution in [0.5, 0.6) is 0 Å². The van der Waals surface area contributed by atoms with Gasteiger partial charge in [-0.3, -0.25) is 0 Å². The lowest BCUT2D eigenvalue weighted by Crippen LogP contribution is -2.38. The lowest BCUT2D eigenvalue weighted by molar-refractivity contribution is 0.182. The molecule has 0 aromatic carbocycles. The molecule has 4 heteroatoms. The second kappa shape index (κ2) is 4.69. The Balaban J connectivity index is 1.88. The number of likely N-dealkylation sites (N-methyl/N-ethyl adjacent to an activating group) is 1. The average molecular weight is 244 g/mol. The van der Waals surface area contributed by atoms with Crippen molar-refractivity contribution in [3.05, 3.63) is 24.2 Å². The van der Waals surface area contributed by atoms with Crippen LogP contribution in [0, 0.1) is 0 Å². The van der Waals surface area contributed by atoms with Gasteiger partial charge < -0.3 is 9.47 Å². The molecule has 4 nitrogen and oxygen atoms in total. The number of aryl methyl sites for hydroxylation is 1. The van der Waals surface area contributed by atoms with Crippen LogP contribution in [0.15, 0.2) is 18.3 Å². The number of hydrogen-bond donors (Lipinski definition) is 0. The zero-order chi connectivity index (χ0) is 12.5. The fraction of sp³-hybridized carbons (Fsp3) is 0.571. The highest BCUT2D eigenvalue weighted by atomic mass is 15.2. The molecule has 1 saturated heterocycles. The predicted octanol–water partition coefficient (Wildman–Crippen LogP) is 2.00. The Morgan fingerprint density at radius 3 is 3.00 bits per heavy atom. The fourth-order valence-electron chi connectivity index (χ4n) is 2.87. The summed E-state index contributed by atoms with van der Waals surface area (Å²) < 4.78 is 2.14. The number of imidazole rings is 1. The Bertz CT molecular complexity index is 546. The summed E-state index contributed by atoms with van der Waals surface area (Å²) >= 11 is 0. The Hall–Kier alpha value is -1.42. The molecule has 3 rings (SSSR count). The molecule has 96 valence electrons. The predicted molar refractivity (Wildman–Crippen MR) is 72.5 cm³/mol. The van der Waals surface area contributed by atoms with Gasteiger partial charge in [-0.15, -0.1) is 0 Å². The third-order valence-electron chi connectivity index (χ3n) is 4.06. The summed E-state index contributed by atoms with van der Waals surface area (Å²) in [6.45, 7) is 1.22. The summed E-state index contributed by atoms with van der Waals surface area (Å²) in [5.41, 5.74) is 2.00. The van der Waals surface area contributed by atoms with Gasteiger partial charge in [0.2, 0.25) is 0 Å². The van der Waals surface area contributed by atoms with Crippen LogP contribution in [0.1, 0.15) is 25.1 Å². The van der Waals surface area contributed by atoms with Crippen molar-refractivity contribution in [1.29, 1.82) is 0 Å². The lowest BCUT2D eigenvalue weighted by Gasteiger charge is -2.32. The van der Waals surface area contributed by atoms with Gasteiger partial charge in [0.05, 0.1) is 0 Å². The van der Waals surface area contributed by atoms with Gasteiger partial charge >= 0.3 is 0 Å². The van der Waals surface area contributed by atoms with Gasteiger partial charge in [-0.05, 0) is 38.6 Å². The average Bonchev–Trinajstić information content (AvgIpc) is 2.70. The van der Waals surface area contributed by atoms with Gasteiger partial charge in [-0.25, -0.2) is 9.97 Å². The molecule has 0 spiro atoms. The third kappa shape index (κ3) is 2.01. The number of pyridine rings is 1. The molecule has 0 saturated carbocycles. The zero-order valence-electron chi connectivity index (χ0n) is 11.1. The van der Waals surface area contributed by atoms with Gasteiger partial charge in [0, 0.05) is 25.7 Å². The third-order valence-corrected chi connectivity index (χ3v) is 4.06. The molecule has 2 aromatic heterocycles. The van der Waals surface area contributed by atoms with Gasteiger partial charge in [0.25, 0.3) is 0 Å². The van der Waals surface area contributed by atoms with Crippen LogP contribution in [0.3, 0.4) is 0 Å². The molecule has 1 unspecified atom stereocenters. The van der Waals surface area contributed by atoms with E-state index in [1.807, 2.05) is 18.3 Å². The second-order valence-electron chi connectivity index (χ2n) is 5.27. The summed E-state index contributed by atoms with van der Waals surface area (Å²) in [6.07, 6.45) is 6.82. The van der Waals surface area contributed by atoms with Crippen molar-refractivity contribution in [2.45, 2.75) is 31.7 Å². The van der Waals surface area contributed by atoms with Crippen LogP contribution in [-0.2, 0) is 13.5 Å². The Morgan fingerprint density at radius 2 is 2.22 bits per heavy atom. The van der Waals surface area contributed by atoms with E-state index in [0.717, 1.165) is 23.4 Å². The molecule has 2 aromatic rings. The number of likely N-dealkylation sites (tertiary alicyclic amines) is 1. The number of hydrogen-bond acceptors (Lipinski definition) is 3. The van der Waals surface area contributed by atoms with Crippen molar-refractivity contribution in [1.82, 2.24) is 19.4 Å². The molecule has 0 radical (unpaired) electrons. The van der Waals surface area contributed by atoms with E-state index >= 15 is 0 Å². The summed E-state index contributed by atoms with van der Waals surface area (Å²) in [4.78, 5) is 11.6. The van der Waals surface area contributed by atoms with Crippen molar-refractivity contribution in [3.8, 4) is 0 Å². The van der Waals surface area contributed by atoms with Gasteiger partial charge in [-0.1, -0.05) is 6.42 Å². The number of piperidine rings is 1. The number of nitrogens with zero attached hydrogens (tertiary/aromatic N) is 4. The smallest absolute Gasteiger partial charge is 0.159 e. The molecule has 1 fully saturated rings. The van der Waals surface area contributed by atoms with Crippen molar-refractivity contribution in [2.75, 3.05) is 13.6 Å². The highest BCUT2D eigenvalue weighted by molar-refractivity contribution is 5.70. The molecular weight excluding hydrogens is 224 g/mol. The second-order valence-corrected chi connectivity index (χ2v) is 5.27. The molecule has 1 atom stereocenters. The fourth-order valence-corrected chi connectivity index (χ4v) is 2.87. The summed E-state index contributed by atoms with van der Waals surface area (Å²) in [5, 5.41) is 0. The lowest BCUT2D eigenvalue weighted by atomic mass is 10.00.